The van der Waals surface area contributed by atoms with E-state index in [9.17, 15) is 9.59 Å². The molecule has 5 nitrogen and oxygen atoms in total. The number of hydrogen-bond donors (Lipinski definition) is 3. The van der Waals surface area contributed by atoms with Gasteiger partial charge < -0.3 is 16.0 Å². The third-order valence-electron chi connectivity index (χ3n) is 6.07. The molecule has 0 aromatic heterocycles. The minimum atomic E-state index is -0.0376. The van der Waals surface area contributed by atoms with E-state index in [0.29, 0.717) is 37.3 Å². The molecule has 0 aliphatic carbocycles. The molecule has 4 aromatic carbocycles. The van der Waals surface area contributed by atoms with E-state index in [0.717, 1.165) is 22.5 Å². The zero-order valence-electron chi connectivity index (χ0n) is 21.8. The highest BCUT2D eigenvalue weighted by Crippen LogP contribution is 2.14. The summed E-state index contributed by atoms with van der Waals surface area (Å²) in [5.41, 5.74) is 4.82. The van der Waals surface area contributed by atoms with Crippen molar-refractivity contribution in [2.45, 2.75) is 0 Å². The Morgan fingerprint density at radius 3 is 1.08 bits per heavy atom. The summed E-state index contributed by atoms with van der Waals surface area (Å²) in [6.45, 7) is 2.71. The zero-order valence-corrected chi connectivity index (χ0v) is 21.8. The molecule has 0 atom stereocenters. The van der Waals surface area contributed by atoms with Crippen molar-refractivity contribution in [2.24, 2.45) is 0 Å². The lowest BCUT2D eigenvalue weighted by Gasteiger charge is -2.14. The van der Waals surface area contributed by atoms with Gasteiger partial charge in [0.2, 0.25) is 0 Å². The normalized spacial score (nSPS) is 11.6. The molecule has 0 fully saturated rings. The van der Waals surface area contributed by atoms with Crippen LogP contribution in [-0.2, 0) is 0 Å². The summed E-state index contributed by atoms with van der Waals surface area (Å²) in [5.74, 6) is -0.0752. The van der Waals surface area contributed by atoms with Gasteiger partial charge in [-0.3, -0.25) is 9.59 Å². The quantitative estimate of drug-likeness (QED) is 0.116. The standard InChI is InChI=1S/C34H33N3O2/c38-33(29-17-9-3-10-18-29)25-31(27-13-5-1-6-14-27)36-23-21-35-22-24-37-32(28-15-7-2-8-16-28)26-34(39)30-19-11-4-12-20-30/h1-20,25-26,35-37H,21-24H2/b31-25-,32-26+. The van der Waals surface area contributed by atoms with Crippen LogP contribution in [0.15, 0.2) is 133 Å². The van der Waals surface area contributed by atoms with Crippen LogP contribution in [0.1, 0.15) is 31.8 Å². The van der Waals surface area contributed by atoms with Crippen molar-refractivity contribution in [3.8, 4) is 0 Å². The Morgan fingerprint density at radius 1 is 0.436 bits per heavy atom. The Bertz CT molecular complexity index is 1270. The smallest absolute Gasteiger partial charge is 0.187 e. The molecule has 0 bridgehead atoms. The van der Waals surface area contributed by atoms with E-state index in [1.165, 1.54) is 0 Å². The maximum Gasteiger partial charge on any atom is 0.187 e. The van der Waals surface area contributed by atoms with Crippen LogP contribution in [0.5, 0.6) is 0 Å². The van der Waals surface area contributed by atoms with E-state index in [4.69, 9.17) is 0 Å². The molecule has 3 N–H and O–H groups in total. The summed E-state index contributed by atoms with van der Waals surface area (Å²) in [5, 5.41) is 10.2. The van der Waals surface area contributed by atoms with Crippen molar-refractivity contribution >= 4 is 23.0 Å². The van der Waals surface area contributed by atoms with Gasteiger partial charge in [0.1, 0.15) is 0 Å². The molecule has 0 amide bonds. The number of benzene rings is 4. The van der Waals surface area contributed by atoms with Gasteiger partial charge >= 0.3 is 0 Å². The number of carbonyl (C=O) groups excluding carboxylic acids is 2. The number of nitrogens with one attached hydrogen (secondary N) is 3. The Kier molecular flexibility index (Phi) is 10.4. The number of rotatable bonds is 14. The van der Waals surface area contributed by atoms with Crippen molar-refractivity contribution in [3.05, 3.63) is 156 Å². The van der Waals surface area contributed by atoms with Crippen molar-refractivity contribution < 1.29 is 9.59 Å². The van der Waals surface area contributed by atoms with Gasteiger partial charge in [0, 0.05) is 60.9 Å². The molecule has 0 radical (unpaired) electrons. The zero-order chi connectivity index (χ0) is 27.1. The van der Waals surface area contributed by atoms with Crippen LogP contribution in [0.2, 0.25) is 0 Å². The van der Waals surface area contributed by atoms with Crippen molar-refractivity contribution in [1.29, 1.82) is 0 Å². The highest BCUT2D eigenvalue weighted by Gasteiger charge is 2.08. The molecule has 0 aliphatic heterocycles. The van der Waals surface area contributed by atoms with Gasteiger partial charge in [-0.2, -0.15) is 0 Å². The van der Waals surface area contributed by atoms with Crippen LogP contribution in [0.25, 0.3) is 11.4 Å². The first-order chi connectivity index (χ1) is 19.2. The van der Waals surface area contributed by atoms with Gasteiger partial charge in [-0.05, 0) is 11.1 Å². The first-order valence-corrected chi connectivity index (χ1v) is 13.1. The lowest BCUT2D eigenvalue weighted by atomic mass is 10.1. The maximum atomic E-state index is 12.8. The van der Waals surface area contributed by atoms with E-state index in [1.807, 2.05) is 121 Å². The SMILES string of the molecule is O=C(/C=C(\NCCNCCN/C(=C/C(=O)c1ccccc1)c1ccccc1)c1ccccc1)c1ccccc1. The van der Waals surface area contributed by atoms with E-state index in [2.05, 4.69) is 16.0 Å². The summed E-state index contributed by atoms with van der Waals surface area (Å²) < 4.78 is 0. The van der Waals surface area contributed by atoms with Crippen molar-refractivity contribution in [3.63, 3.8) is 0 Å². The van der Waals surface area contributed by atoms with Crippen molar-refractivity contribution in [1.82, 2.24) is 16.0 Å². The van der Waals surface area contributed by atoms with Gasteiger partial charge in [-0.1, -0.05) is 121 Å². The number of carbonyl (C=O) groups is 2. The fourth-order valence-corrected chi connectivity index (χ4v) is 4.04. The summed E-state index contributed by atoms with van der Waals surface area (Å²) in [6.07, 6.45) is 3.32. The Morgan fingerprint density at radius 2 is 0.744 bits per heavy atom. The molecular formula is C34H33N3O2. The molecule has 0 aliphatic rings. The third-order valence-corrected chi connectivity index (χ3v) is 6.07. The molecule has 0 saturated heterocycles. The molecule has 5 heteroatoms. The van der Waals surface area contributed by atoms with Crippen LogP contribution in [0.3, 0.4) is 0 Å². The maximum absolute atomic E-state index is 12.8. The number of hydrogen-bond acceptors (Lipinski definition) is 5. The molecule has 39 heavy (non-hydrogen) atoms. The minimum absolute atomic E-state index is 0.0376. The fraction of sp³-hybridized carbons (Fsp3) is 0.118. The van der Waals surface area contributed by atoms with Gasteiger partial charge in [0.15, 0.2) is 11.6 Å². The van der Waals surface area contributed by atoms with Gasteiger partial charge in [-0.15, -0.1) is 0 Å². The molecule has 0 unspecified atom stereocenters. The molecular weight excluding hydrogens is 482 g/mol. The van der Waals surface area contributed by atoms with E-state index in [-0.39, 0.29) is 11.6 Å². The van der Waals surface area contributed by atoms with Crippen LogP contribution >= 0.6 is 0 Å². The lowest BCUT2D eigenvalue weighted by molar-refractivity contribution is 0.103. The van der Waals surface area contributed by atoms with E-state index in [1.54, 1.807) is 12.2 Å². The molecule has 0 spiro atoms. The topological polar surface area (TPSA) is 70.2 Å². The second kappa shape index (κ2) is 14.9. The Labute approximate surface area is 230 Å². The second-order valence-electron chi connectivity index (χ2n) is 8.91. The van der Waals surface area contributed by atoms with E-state index < -0.39 is 0 Å². The molecule has 0 saturated carbocycles. The predicted molar refractivity (Wildman–Crippen MR) is 159 cm³/mol. The first kappa shape index (κ1) is 27.3. The van der Waals surface area contributed by atoms with Gasteiger partial charge in [-0.25, -0.2) is 0 Å². The molecule has 196 valence electrons. The highest BCUT2D eigenvalue weighted by atomic mass is 16.1. The van der Waals surface area contributed by atoms with Crippen LogP contribution < -0.4 is 16.0 Å². The molecule has 0 heterocycles. The second-order valence-corrected chi connectivity index (χ2v) is 8.91. The third kappa shape index (κ3) is 8.66. The average Bonchev–Trinajstić information content (AvgIpc) is 3.01. The van der Waals surface area contributed by atoms with Crippen molar-refractivity contribution in [2.75, 3.05) is 26.2 Å². The first-order valence-electron chi connectivity index (χ1n) is 13.1. The monoisotopic (exact) mass is 515 g/mol. The van der Waals surface area contributed by atoms with Crippen LogP contribution in [0.4, 0.5) is 0 Å². The van der Waals surface area contributed by atoms with Crippen LogP contribution in [-0.4, -0.2) is 37.7 Å². The summed E-state index contributed by atoms with van der Waals surface area (Å²) in [7, 11) is 0. The average molecular weight is 516 g/mol. The number of allylic oxidation sites excluding steroid dienone is 2. The molecule has 4 aromatic rings. The summed E-state index contributed by atoms with van der Waals surface area (Å²) in [6, 6.07) is 38.3. The molecule has 4 rings (SSSR count). The lowest BCUT2D eigenvalue weighted by Crippen LogP contribution is -2.32. The minimum Gasteiger partial charge on any atom is -0.383 e. The van der Waals surface area contributed by atoms with Gasteiger partial charge in [0.25, 0.3) is 0 Å². The Hall–Kier alpha value is -4.74. The summed E-state index contributed by atoms with van der Waals surface area (Å²) in [4.78, 5) is 25.6. The predicted octanol–water partition coefficient (Wildman–Crippen LogP) is 5.60. The van der Waals surface area contributed by atoms with Crippen LogP contribution in [0, 0.1) is 0 Å². The van der Waals surface area contributed by atoms with E-state index >= 15 is 0 Å². The fourth-order valence-electron chi connectivity index (χ4n) is 4.04. The number of ketones is 2. The largest absolute Gasteiger partial charge is 0.383 e. The van der Waals surface area contributed by atoms with Gasteiger partial charge in [0.05, 0.1) is 0 Å². The Balaban J connectivity index is 1.30. The highest BCUT2D eigenvalue weighted by molar-refractivity contribution is 6.09. The summed E-state index contributed by atoms with van der Waals surface area (Å²) >= 11 is 0.